The molecule has 0 saturated carbocycles. The topological polar surface area (TPSA) is 86.4 Å². The van der Waals surface area contributed by atoms with Crippen LogP contribution in [0.1, 0.15) is 24.0 Å². The van der Waals surface area contributed by atoms with Crippen LogP contribution in [-0.4, -0.2) is 57.3 Å². The molecule has 2 aromatic heterocycles. The van der Waals surface area contributed by atoms with Gasteiger partial charge in [-0.3, -0.25) is 10.00 Å². The smallest absolute Gasteiger partial charge is 0.322 e. The van der Waals surface area contributed by atoms with E-state index >= 15 is 0 Å². The lowest BCUT2D eigenvalue weighted by atomic mass is 9.99. The van der Waals surface area contributed by atoms with Gasteiger partial charge < -0.3 is 15.0 Å². The maximum atomic E-state index is 14.2. The second-order valence-electron chi connectivity index (χ2n) is 9.54. The minimum atomic E-state index is -0.584. The maximum absolute atomic E-state index is 14.2. The summed E-state index contributed by atoms with van der Waals surface area (Å²) in [6.45, 7) is 2.26. The van der Waals surface area contributed by atoms with Crippen molar-refractivity contribution < 1.29 is 18.3 Å². The number of methoxy groups -OCH3 is 1. The Hall–Kier alpha value is -4.05. The predicted octanol–water partition coefficient (Wildman–Crippen LogP) is 4.92. The van der Waals surface area contributed by atoms with Crippen LogP contribution in [0.5, 0.6) is 5.88 Å². The van der Waals surface area contributed by atoms with Crippen LogP contribution in [0, 0.1) is 11.6 Å². The highest BCUT2D eigenvalue weighted by molar-refractivity contribution is 6.00. The lowest BCUT2D eigenvalue weighted by molar-refractivity contribution is 0.107. The minimum Gasteiger partial charge on any atom is -0.481 e. The zero-order valence-corrected chi connectivity index (χ0v) is 20.3. The number of likely N-dealkylation sites (tertiary alicyclic amines) is 1. The van der Waals surface area contributed by atoms with Gasteiger partial charge in [-0.05, 0) is 49.2 Å². The van der Waals surface area contributed by atoms with Crippen molar-refractivity contribution in [1.82, 2.24) is 25.0 Å². The van der Waals surface area contributed by atoms with Gasteiger partial charge in [-0.1, -0.05) is 6.07 Å². The van der Waals surface area contributed by atoms with Gasteiger partial charge >= 0.3 is 6.03 Å². The molecule has 8 nitrogen and oxygen atoms in total. The molecule has 1 saturated heterocycles. The Labute approximate surface area is 212 Å². The molecule has 0 bridgehead atoms. The highest BCUT2D eigenvalue weighted by Gasteiger charge is 2.33. The highest BCUT2D eigenvalue weighted by atomic mass is 19.1. The number of halogens is 2. The largest absolute Gasteiger partial charge is 0.481 e. The molecule has 2 aliphatic rings. The van der Waals surface area contributed by atoms with E-state index in [1.807, 2.05) is 23.1 Å². The summed E-state index contributed by atoms with van der Waals surface area (Å²) in [6, 6.07) is 11.2. The molecule has 190 valence electrons. The molecule has 0 radical (unpaired) electrons. The van der Waals surface area contributed by atoms with Crippen molar-refractivity contribution in [3.05, 3.63) is 71.4 Å². The Balaban J connectivity index is 1.24. The zero-order valence-electron chi connectivity index (χ0n) is 20.3. The van der Waals surface area contributed by atoms with Crippen LogP contribution >= 0.6 is 0 Å². The first-order valence-electron chi connectivity index (χ1n) is 12.2. The van der Waals surface area contributed by atoms with Crippen LogP contribution in [0.2, 0.25) is 0 Å². The van der Waals surface area contributed by atoms with Gasteiger partial charge in [-0.15, -0.1) is 0 Å². The molecule has 1 fully saturated rings. The number of nitrogens with one attached hydrogen (secondary N) is 2. The molecule has 37 heavy (non-hydrogen) atoms. The maximum Gasteiger partial charge on any atom is 0.322 e. The molecule has 2 N–H and O–H groups in total. The van der Waals surface area contributed by atoms with E-state index in [4.69, 9.17) is 4.74 Å². The fraction of sp³-hybridized carbons (Fsp3) is 0.296. The lowest BCUT2D eigenvalue weighted by Crippen LogP contribution is -2.52. The number of nitrogens with zero attached hydrogens (tertiary/aromatic N) is 4. The van der Waals surface area contributed by atoms with Crippen LogP contribution < -0.4 is 10.1 Å². The Morgan fingerprint density at radius 2 is 2.05 bits per heavy atom. The van der Waals surface area contributed by atoms with Gasteiger partial charge in [0, 0.05) is 66.2 Å². The SMILES string of the molecule is COc1cc(-c2n[nH]c3cc4c(cc23)CN([C@@H]2CCCN(Cc3ccc(F)cc3F)C2)C(=O)N4)ccn1. The Morgan fingerprint density at radius 3 is 2.89 bits per heavy atom. The lowest BCUT2D eigenvalue weighted by Gasteiger charge is -2.41. The fourth-order valence-electron chi connectivity index (χ4n) is 5.30. The standard InChI is InChI=1S/C27H26F2N6O2/c1-37-25-10-16(6-7-30-25)26-21-9-18-14-35(27(36)31-23(18)12-24(21)32-33-26)20-3-2-8-34(15-20)13-17-4-5-19(28)11-22(17)29/h4-7,9-12,20H,2-3,8,13-15H2,1H3,(H,31,36)(H,32,33)/t20-/m1/s1. The molecule has 0 aliphatic carbocycles. The zero-order chi connectivity index (χ0) is 25.5. The van der Waals surface area contributed by atoms with Gasteiger partial charge in [0.25, 0.3) is 0 Å². The number of fused-ring (bicyclic) bond motifs is 2. The number of anilines is 1. The quantitative estimate of drug-likeness (QED) is 0.403. The summed E-state index contributed by atoms with van der Waals surface area (Å²) in [5.41, 5.74) is 4.70. The van der Waals surface area contributed by atoms with Gasteiger partial charge in [0.1, 0.15) is 17.3 Å². The van der Waals surface area contributed by atoms with Crippen LogP contribution in [0.4, 0.5) is 19.3 Å². The van der Waals surface area contributed by atoms with Gasteiger partial charge in [-0.2, -0.15) is 5.10 Å². The van der Waals surface area contributed by atoms with Crippen molar-refractivity contribution in [3.8, 4) is 17.1 Å². The summed E-state index contributed by atoms with van der Waals surface area (Å²) >= 11 is 0. The molecule has 4 heterocycles. The number of hydrogen-bond donors (Lipinski definition) is 2. The molecule has 2 amide bonds. The van der Waals surface area contributed by atoms with Gasteiger partial charge in [-0.25, -0.2) is 18.6 Å². The Kier molecular flexibility index (Phi) is 5.96. The number of amides is 2. The molecular weight excluding hydrogens is 478 g/mol. The van der Waals surface area contributed by atoms with Gasteiger partial charge in [0.2, 0.25) is 5.88 Å². The van der Waals surface area contributed by atoms with E-state index in [1.54, 1.807) is 13.3 Å². The minimum absolute atomic E-state index is 0.0191. The van der Waals surface area contributed by atoms with Crippen molar-refractivity contribution in [2.45, 2.75) is 32.0 Å². The normalized spacial score (nSPS) is 18.1. The third kappa shape index (κ3) is 4.48. The molecule has 2 aliphatic heterocycles. The summed E-state index contributed by atoms with van der Waals surface area (Å²) in [5, 5.41) is 11.6. The number of benzene rings is 2. The number of carbonyl (C=O) groups excluding carboxylic acids is 1. The van der Waals surface area contributed by atoms with Crippen molar-refractivity contribution in [3.63, 3.8) is 0 Å². The average Bonchev–Trinajstić information content (AvgIpc) is 3.31. The Morgan fingerprint density at radius 1 is 1.16 bits per heavy atom. The molecule has 0 unspecified atom stereocenters. The van der Waals surface area contributed by atoms with Crippen LogP contribution in [0.3, 0.4) is 0 Å². The second kappa shape index (κ2) is 9.44. The van der Waals surface area contributed by atoms with E-state index in [2.05, 4.69) is 31.5 Å². The summed E-state index contributed by atoms with van der Waals surface area (Å²) in [6.07, 6.45) is 3.43. The van der Waals surface area contributed by atoms with E-state index in [-0.39, 0.29) is 12.1 Å². The van der Waals surface area contributed by atoms with E-state index in [1.165, 1.54) is 12.1 Å². The number of piperidine rings is 1. The summed E-state index contributed by atoms with van der Waals surface area (Å²) in [4.78, 5) is 21.3. The molecule has 0 spiro atoms. The van der Waals surface area contributed by atoms with Gasteiger partial charge in [0.05, 0.1) is 12.6 Å². The summed E-state index contributed by atoms with van der Waals surface area (Å²) in [5.74, 6) is -0.620. The number of aromatic amines is 1. The first kappa shape index (κ1) is 23.4. The van der Waals surface area contributed by atoms with E-state index in [0.29, 0.717) is 31.1 Å². The van der Waals surface area contributed by atoms with E-state index < -0.39 is 11.6 Å². The van der Waals surface area contributed by atoms with Crippen molar-refractivity contribution >= 4 is 22.6 Å². The van der Waals surface area contributed by atoms with Crippen LogP contribution in [-0.2, 0) is 13.1 Å². The highest BCUT2D eigenvalue weighted by Crippen LogP contribution is 2.35. The number of carbonyl (C=O) groups is 1. The number of urea groups is 1. The third-order valence-electron chi connectivity index (χ3n) is 7.18. The number of aromatic nitrogens is 3. The number of rotatable bonds is 5. The first-order chi connectivity index (χ1) is 18.0. The summed E-state index contributed by atoms with van der Waals surface area (Å²) < 4.78 is 32.8. The molecule has 2 aromatic carbocycles. The van der Waals surface area contributed by atoms with Gasteiger partial charge in [0.15, 0.2) is 0 Å². The summed E-state index contributed by atoms with van der Waals surface area (Å²) in [7, 11) is 1.57. The third-order valence-corrected chi connectivity index (χ3v) is 7.18. The van der Waals surface area contributed by atoms with Crippen LogP contribution in [0.15, 0.2) is 48.7 Å². The molecule has 4 aromatic rings. The van der Waals surface area contributed by atoms with Crippen molar-refractivity contribution in [2.24, 2.45) is 0 Å². The number of H-pyrrole nitrogens is 1. The fourth-order valence-corrected chi connectivity index (χ4v) is 5.30. The van der Waals surface area contributed by atoms with E-state index in [0.717, 1.165) is 58.9 Å². The van der Waals surface area contributed by atoms with E-state index in [9.17, 15) is 13.6 Å². The molecule has 1 atom stereocenters. The monoisotopic (exact) mass is 504 g/mol. The average molecular weight is 505 g/mol. The number of pyridine rings is 1. The predicted molar refractivity (Wildman–Crippen MR) is 135 cm³/mol. The number of ether oxygens (including phenoxy) is 1. The van der Waals surface area contributed by atoms with Crippen molar-refractivity contribution in [2.75, 3.05) is 25.5 Å². The molecule has 10 heteroatoms. The molecular formula is C27H26F2N6O2. The van der Waals surface area contributed by atoms with Crippen molar-refractivity contribution in [1.29, 1.82) is 0 Å². The second-order valence-corrected chi connectivity index (χ2v) is 9.54. The Bertz CT molecular complexity index is 1490. The molecule has 6 rings (SSSR count). The van der Waals surface area contributed by atoms with Crippen LogP contribution in [0.25, 0.3) is 22.2 Å². The number of hydrogen-bond acceptors (Lipinski definition) is 5. The first-order valence-corrected chi connectivity index (χ1v) is 12.2.